The molecule has 2 aromatic rings. The third-order valence-corrected chi connectivity index (χ3v) is 7.80. The van der Waals surface area contributed by atoms with Gasteiger partial charge >= 0.3 is 6.09 Å². The number of aromatic hydroxyl groups is 1. The van der Waals surface area contributed by atoms with Crippen LogP contribution in [0.15, 0.2) is 71.3 Å². The maximum atomic E-state index is 13.3. The quantitative estimate of drug-likeness (QED) is 0.269. The molecule has 4 rings (SSSR count). The average molecular weight is 564 g/mol. The van der Waals surface area contributed by atoms with E-state index in [-0.39, 0.29) is 18.8 Å². The minimum absolute atomic E-state index is 0.0524. The third-order valence-electron chi connectivity index (χ3n) is 7.80. The Balaban J connectivity index is 1.64. The number of hydrogen-bond acceptors (Lipinski definition) is 8. The molecule has 0 aromatic heterocycles. The summed E-state index contributed by atoms with van der Waals surface area (Å²) in [5.74, 6) is -3.36. The van der Waals surface area contributed by atoms with Crippen molar-refractivity contribution in [3.63, 3.8) is 0 Å². The first-order chi connectivity index (χ1) is 19.8. The fourth-order valence-electron chi connectivity index (χ4n) is 5.97. The Morgan fingerprint density at radius 3 is 2.51 bits per heavy atom. The second-order valence-corrected chi connectivity index (χ2v) is 10.5. The van der Waals surface area contributed by atoms with Crippen molar-refractivity contribution in [2.24, 2.45) is 17.8 Å². The third kappa shape index (κ3) is 6.69. The minimum Gasteiger partial charge on any atom is -0.508 e. The molecule has 1 saturated heterocycles. The van der Waals surface area contributed by atoms with E-state index >= 15 is 0 Å². The lowest BCUT2D eigenvalue weighted by molar-refractivity contribution is -0.137. The predicted octanol–water partition coefficient (Wildman–Crippen LogP) is 4.47. The standard InChI is InChI=1S/C32H37NO8/c1-3-8-20(15-21-9-7-10-23(35)16-21)13-14-27(36)28-22(19-41-24-11-5-4-6-12-24)17-25-29(26(28)18-34)31(38)33(30(25)37)32(39)40-2/h4-7,9-12,15-16,25-27,29,34-36H,3,8,13-14,17-19H2,1-2H3/b20-15+/t25-,26+,27-,29-/m1/s1. The number of imide groups is 3. The van der Waals surface area contributed by atoms with Gasteiger partial charge in [0.15, 0.2) is 0 Å². The van der Waals surface area contributed by atoms with E-state index in [1.54, 1.807) is 30.3 Å². The summed E-state index contributed by atoms with van der Waals surface area (Å²) in [5, 5.41) is 31.9. The fourth-order valence-corrected chi connectivity index (χ4v) is 5.97. The lowest BCUT2D eigenvalue weighted by Gasteiger charge is -2.36. The Kier molecular flexibility index (Phi) is 9.96. The summed E-state index contributed by atoms with van der Waals surface area (Å²) in [6, 6.07) is 16.0. The first-order valence-corrected chi connectivity index (χ1v) is 13.9. The van der Waals surface area contributed by atoms with E-state index in [0.29, 0.717) is 34.6 Å². The lowest BCUT2D eigenvalue weighted by atomic mass is 9.68. The van der Waals surface area contributed by atoms with Crippen LogP contribution in [0.3, 0.4) is 0 Å². The molecule has 3 N–H and O–H groups in total. The molecule has 218 valence electrons. The highest BCUT2D eigenvalue weighted by molar-refractivity contribution is 6.16. The van der Waals surface area contributed by atoms with Crippen LogP contribution in [0.4, 0.5) is 4.79 Å². The van der Waals surface area contributed by atoms with Crippen LogP contribution in [-0.4, -0.2) is 64.6 Å². The maximum absolute atomic E-state index is 13.3. The molecule has 0 bridgehead atoms. The van der Waals surface area contributed by atoms with Gasteiger partial charge in [-0.15, -0.1) is 0 Å². The van der Waals surface area contributed by atoms with Crippen LogP contribution in [0.2, 0.25) is 0 Å². The van der Waals surface area contributed by atoms with Crippen molar-refractivity contribution in [1.82, 2.24) is 4.90 Å². The second-order valence-electron chi connectivity index (χ2n) is 10.5. The summed E-state index contributed by atoms with van der Waals surface area (Å²) in [7, 11) is 1.10. The van der Waals surface area contributed by atoms with Crippen LogP contribution in [0.5, 0.6) is 11.5 Å². The SMILES string of the molecule is CCC/C(=C\c1cccc(O)c1)CC[C@@H](O)C1=C(COc2ccccc2)C[C@H]2C(=O)N(C(=O)OC)C(=O)[C@H]2[C@H]1CO. The summed E-state index contributed by atoms with van der Waals surface area (Å²) in [6.45, 7) is 1.63. The number of para-hydroxylation sites is 1. The van der Waals surface area contributed by atoms with Gasteiger partial charge in [0.25, 0.3) is 0 Å². The predicted molar refractivity (Wildman–Crippen MR) is 152 cm³/mol. The van der Waals surface area contributed by atoms with Crippen molar-refractivity contribution >= 4 is 24.0 Å². The van der Waals surface area contributed by atoms with Gasteiger partial charge in [0.1, 0.15) is 18.1 Å². The molecule has 0 spiro atoms. The van der Waals surface area contributed by atoms with Gasteiger partial charge in [-0.2, -0.15) is 4.90 Å². The Hall–Kier alpha value is -3.95. The Labute approximate surface area is 239 Å². The summed E-state index contributed by atoms with van der Waals surface area (Å²) < 4.78 is 10.7. The maximum Gasteiger partial charge on any atom is 0.423 e. The van der Waals surface area contributed by atoms with E-state index in [1.807, 2.05) is 30.3 Å². The van der Waals surface area contributed by atoms with Crippen molar-refractivity contribution in [2.75, 3.05) is 20.3 Å². The molecular formula is C32H37NO8. The van der Waals surface area contributed by atoms with Gasteiger partial charge in [0, 0.05) is 5.92 Å². The number of likely N-dealkylation sites (tertiary alicyclic amines) is 1. The number of hydrogen-bond donors (Lipinski definition) is 3. The molecule has 4 atom stereocenters. The number of phenols is 1. The van der Waals surface area contributed by atoms with Gasteiger partial charge < -0.3 is 24.8 Å². The van der Waals surface area contributed by atoms with Crippen LogP contribution in [0.1, 0.15) is 44.6 Å². The van der Waals surface area contributed by atoms with Gasteiger partial charge in [0.05, 0.1) is 31.7 Å². The Morgan fingerprint density at radius 1 is 1.10 bits per heavy atom. The molecule has 41 heavy (non-hydrogen) atoms. The molecule has 9 nitrogen and oxygen atoms in total. The molecule has 9 heteroatoms. The number of nitrogens with zero attached hydrogens (tertiary/aromatic N) is 1. The highest BCUT2D eigenvalue weighted by Crippen LogP contribution is 2.46. The Morgan fingerprint density at radius 2 is 1.85 bits per heavy atom. The summed E-state index contributed by atoms with van der Waals surface area (Å²) in [6.07, 6.45) is 2.55. The number of phenolic OH excluding ortho intramolecular Hbond substituents is 1. The number of allylic oxidation sites excluding steroid dienone is 1. The number of fused-ring (bicyclic) bond motifs is 1. The van der Waals surface area contributed by atoms with E-state index < -0.39 is 48.4 Å². The van der Waals surface area contributed by atoms with Crippen molar-refractivity contribution in [3.8, 4) is 11.5 Å². The minimum atomic E-state index is -1.06. The molecule has 1 heterocycles. The largest absolute Gasteiger partial charge is 0.508 e. The van der Waals surface area contributed by atoms with Crippen LogP contribution in [0, 0.1) is 17.8 Å². The van der Waals surface area contributed by atoms with Gasteiger partial charge in [-0.25, -0.2) is 4.79 Å². The van der Waals surface area contributed by atoms with Gasteiger partial charge in [-0.05, 0) is 66.7 Å². The lowest BCUT2D eigenvalue weighted by Crippen LogP contribution is -2.40. The zero-order chi connectivity index (χ0) is 29.5. The average Bonchev–Trinajstić information content (AvgIpc) is 3.23. The summed E-state index contributed by atoms with van der Waals surface area (Å²) in [5.41, 5.74) is 3.04. The topological polar surface area (TPSA) is 134 Å². The highest BCUT2D eigenvalue weighted by Gasteiger charge is 2.57. The number of carbonyl (C=O) groups excluding carboxylic acids is 3. The number of methoxy groups -OCH3 is 1. The van der Waals surface area contributed by atoms with Crippen molar-refractivity contribution in [2.45, 2.75) is 45.1 Å². The van der Waals surface area contributed by atoms with Crippen molar-refractivity contribution < 1.29 is 39.2 Å². The van der Waals surface area contributed by atoms with Crippen molar-refractivity contribution in [1.29, 1.82) is 0 Å². The number of ether oxygens (including phenoxy) is 2. The first-order valence-electron chi connectivity index (χ1n) is 13.9. The normalized spacial score (nSPS) is 21.6. The van der Waals surface area contributed by atoms with Gasteiger partial charge in [-0.1, -0.05) is 55.3 Å². The number of amides is 3. The molecule has 1 fully saturated rings. The zero-order valence-electron chi connectivity index (χ0n) is 23.4. The van der Waals surface area contributed by atoms with E-state index in [9.17, 15) is 29.7 Å². The van der Waals surface area contributed by atoms with E-state index in [2.05, 4.69) is 11.7 Å². The molecule has 0 radical (unpaired) electrons. The Bertz CT molecular complexity index is 1320. The van der Waals surface area contributed by atoms with E-state index in [1.165, 1.54) is 0 Å². The number of benzene rings is 2. The molecule has 2 aromatic carbocycles. The zero-order valence-corrected chi connectivity index (χ0v) is 23.4. The van der Waals surface area contributed by atoms with Crippen LogP contribution < -0.4 is 4.74 Å². The number of aliphatic hydroxyl groups is 2. The van der Waals surface area contributed by atoms with Gasteiger partial charge in [0.2, 0.25) is 11.8 Å². The molecular weight excluding hydrogens is 526 g/mol. The van der Waals surface area contributed by atoms with Crippen molar-refractivity contribution in [3.05, 3.63) is 76.9 Å². The molecule has 0 saturated carbocycles. The van der Waals surface area contributed by atoms with Crippen LogP contribution in [-0.2, 0) is 14.3 Å². The molecule has 3 amide bonds. The molecule has 0 unspecified atom stereocenters. The monoisotopic (exact) mass is 563 g/mol. The summed E-state index contributed by atoms with van der Waals surface area (Å²) >= 11 is 0. The van der Waals surface area contributed by atoms with Crippen LogP contribution >= 0.6 is 0 Å². The van der Waals surface area contributed by atoms with Crippen LogP contribution in [0.25, 0.3) is 6.08 Å². The number of aliphatic hydroxyl groups excluding tert-OH is 2. The fraction of sp³-hybridized carbons (Fsp3) is 0.406. The molecule has 1 aliphatic carbocycles. The van der Waals surface area contributed by atoms with E-state index in [0.717, 1.165) is 31.1 Å². The molecule has 1 aliphatic heterocycles. The smallest absolute Gasteiger partial charge is 0.423 e. The van der Waals surface area contributed by atoms with Gasteiger partial charge in [-0.3, -0.25) is 9.59 Å². The van der Waals surface area contributed by atoms with E-state index in [4.69, 9.17) is 4.74 Å². The molecule has 2 aliphatic rings. The summed E-state index contributed by atoms with van der Waals surface area (Å²) in [4.78, 5) is 39.2. The number of rotatable bonds is 11. The highest BCUT2D eigenvalue weighted by atomic mass is 16.5. The first kappa shape index (κ1) is 30.0. The number of carbonyl (C=O) groups is 3. The second kappa shape index (κ2) is 13.6.